The molecule has 0 fully saturated rings. The zero-order valence-corrected chi connectivity index (χ0v) is 8.49. The molecule has 0 aliphatic carbocycles. The Kier molecular flexibility index (Phi) is 2.17. The monoisotopic (exact) mass is 207 g/mol. The lowest BCUT2D eigenvalue weighted by molar-refractivity contribution is 0.776. The van der Waals surface area contributed by atoms with Crippen molar-refractivity contribution in [2.45, 2.75) is 0 Å². The lowest BCUT2D eigenvalue weighted by Gasteiger charge is -2.03. The summed E-state index contributed by atoms with van der Waals surface area (Å²) < 4.78 is 1.73. The summed E-state index contributed by atoms with van der Waals surface area (Å²) in [5, 5.41) is 4.70. The van der Waals surface area contributed by atoms with Gasteiger partial charge < -0.3 is 5.73 Å². The van der Waals surface area contributed by atoms with Crippen molar-refractivity contribution in [3.63, 3.8) is 0 Å². The molecule has 14 heavy (non-hydrogen) atoms. The summed E-state index contributed by atoms with van der Waals surface area (Å²) in [5.74, 6) is 0. The van der Waals surface area contributed by atoms with E-state index in [9.17, 15) is 0 Å². The highest BCUT2D eigenvalue weighted by Crippen LogP contribution is 2.27. The fraction of sp³-hybridized carbons (Fsp3) is 0.100. The second kappa shape index (κ2) is 3.35. The minimum atomic E-state index is 0.637. The van der Waals surface area contributed by atoms with Crippen LogP contribution in [-0.2, 0) is 7.05 Å². The molecule has 2 rings (SSSR count). The van der Waals surface area contributed by atoms with Crippen molar-refractivity contribution < 1.29 is 0 Å². The smallest absolute Gasteiger partial charge is 0.0866 e. The van der Waals surface area contributed by atoms with Gasteiger partial charge in [-0.2, -0.15) is 5.10 Å². The normalized spacial score (nSPS) is 10.4. The molecule has 3 nitrogen and oxygen atoms in total. The Labute approximate surface area is 87.1 Å². The SMILES string of the molecule is Cn1ncc(Cl)c1-c1cccc(N)c1. The third kappa shape index (κ3) is 1.46. The number of rotatable bonds is 1. The Morgan fingerprint density at radius 2 is 2.21 bits per heavy atom. The second-order valence-electron chi connectivity index (χ2n) is 3.09. The molecule has 2 N–H and O–H groups in total. The summed E-state index contributed by atoms with van der Waals surface area (Å²) in [5.41, 5.74) is 8.28. The van der Waals surface area contributed by atoms with Crippen molar-refractivity contribution in [1.82, 2.24) is 9.78 Å². The van der Waals surface area contributed by atoms with Crippen LogP contribution in [0.25, 0.3) is 11.3 Å². The molecule has 0 saturated carbocycles. The molecule has 1 heterocycles. The van der Waals surface area contributed by atoms with Gasteiger partial charge in [-0.15, -0.1) is 0 Å². The van der Waals surface area contributed by atoms with Gasteiger partial charge in [-0.25, -0.2) is 0 Å². The minimum absolute atomic E-state index is 0.637. The Morgan fingerprint density at radius 3 is 2.79 bits per heavy atom. The average molecular weight is 208 g/mol. The van der Waals surface area contributed by atoms with Crippen LogP contribution in [-0.4, -0.2) is 9.78 Å². The van der Waals surface area contributed by atoms with Crippen LogP contribution in [0.5, 0.6) is 0 Å². The highest BCUT2D eigenvalue weighted by molar-refractivity contribution is 6.33. The Morgan fingerprint density at radius 1 is 1.43 bits per heavy atom. The van der Waals surface area contributed by atoms with Crippen LogP contribution in [0.2, 0.25) is 5.02 Å². The van der Waals surface area contributed by atoms with Gasteiger partial charge in [0.2, 0.25) is 0 Å². The maximum Gasteiger partial charge on any atom is 0.0866 e. The molecule has 0 aliphatic rings. The van der Waals surface area contributed by atoms with Gasteiger partial charge in [0, 0.05) is 18.3 Å². The summed E-state index contributed by atoms with van der Waals surface area (Å²) in [6, 6.07) is 7.57. The summed E-state index contributed by atoms with van der Waals surface area (Å²) in [4.78, 5) is 0. The van der Waals surface area contributed by atoms with E-state index in [4.69, 9.17) is 17.3 Å². The van der Waals surface area contributed by atoms with E-state index in [1.165, 1.54) is 0 Å². The predicted octanol–water partition coefficient (Wildman–Crippen LogP) is 2.32. The van der Waals surface area contributed by atoms with E-state index in [2.05, 4.69) is 5.10 Å². The van der Waals surface area contributed by atoms with Crippen molar-refractivity contribution in [3.8, 4) is 11.3 Å². The van der Waals surface area contributed by atoms with Gasteiger partial charge in [-0.3, -0.25) is 4.68 Å². The number of benzene rings is 1. The van der Waals surface area contributed by atoms with Crippen molar-refractivity contribution in [1.29, 1.82) is 0 Å². The molecule has 0 spiro atoms. The Bertz CT molecular complexity index is 443. The number of anilines is 1. The lowest BCUT2D eigenvalue weighted by Crippen LogP contribution is -1.94. The molecule has 0 bridgehead atoms. The largest absolute Gasteiger partial charge is 0.399 e. The third-order valence-corrected chi connectivity index (χ3v) is 2.33. The van der Waals surface area contributed by atoms with Crippen LogP contribution in [0.3, 0.4) is 0 Å². The highest BCUT2D eigenvalue weighted by atomic mass is 35.5. The maximum atomic E-state index is 6.01. The predicted molar refractivity (Wildman–Crippen MR) is 58.1 cm³/mol. The molecular formula is C10H10ClN3. The second-order valence-corrected chi connectivity index (χ2v) is 3.50. The van der Waals surface area contributed by atoms with Gasteiger partial charge in [0.05, 0.1) is 16.9 Å². The molecule has 1 aromatic carbocycles. The first kappa shape index (κ1) is 9.09. The lowest BCUT2D eigenvalue weighted by atomic mass is 10.1. The van der Waals surface area contributed by atoms with Gasteiger partial charge >= 0.3 is 0 Å². The molecule has 0 radical (unpaired) electrons. The number of nitrogens with zero attached hydrogens (tertiary/aromatic N) is 2. The number of halogens is 1. The minimum Gasteiger partial charge on any atom is -0.399 e. The van der Waals surface area contributed by atoms with Gasteiger partial charge in [-0.1, -0.05) is 23.7 Å². The van der Waals surface area contributed by atoms with Gasteiger partial charge in [0.1, 0.15) is 0 Å². The van der Waals surface area contributed by atoms with Gasteiger partial charge in [0.25, 0.3) is 0 Å². The molecule has 0 amide bonds. The van der Waals surface area contributed by atoms with E-state index < -0.39 is 0 Å². The van der Waals surface area contributed by atoms with Gasteiger partial charge in [0.15, 0.2) is 0 Å². The highest BCUT2D eigenvalue weighted by Gasteiger charge is 2.08. The molecule has 0 atom stereocenters. The van der Waals surface area contributed by atoms with E-state index in [0.717, 1.165) is 16.9 Å². The molecule has 0 aliphatic heterocycles. The fourth-order valence-electron chi connectivity index (χ4n) is 1.42. The molecule has 1 aromatic heterocycles. The number of aryl methyl sites for hydroxylation is 1. The zero-order valence-electron chi connectivity index (χ0n) is 7.74. The van der Waals surface area contributed by atoms with Crippen LogP contribution in [0.4, 0.5) is 5.69 Å². The Hall–Kier alpha value is -1.48. The quantitative estimate of drug-likeness (QED) is 0.730. The summed E-state index contributed by atoms with van der Waals surface area (Å²) in [7, 11) is 1.85. The maximum absolute atomic E-state index is 6.01. The van der Waals surface area contributed by atoms with Crippen molar-refractivity contribution in [3.05, 3.63) is 35.5 Å². The molecular weight excluding hydrogens is 198 g/mol. The standard InChI is InChI=1S/C10H10ClN3/c1-14-10(9(11)6-13-14)7-3-2-4-8(12)5-7/h2-6H,12H2,1H3. The number of nitrogens with two attached hydrogens (primary N) is 1. The molecule has 4 heteroatoms. The van der Waals surface area contributed by atoms with Crippen molar-refractivity contribution in [2.24, 2.45) is 7.05 Å². The number of aromatic nitrogens is 2. The number of hydrogen-bond donors (Lipinski definition) is 1. The average Bonchev–Trinajstić information content (AvgIpc) is 2.46. The van der Waals surface area contributed by atoms with Crippen molar-refractivity contribution in [2.75, 3.05) is 5.73 Å². The van der Waals surface area contributed by atoms with Crippen LogP contribution < -0.4 is 5.73 Å². The van der Waals surface area contributed by atoms with Crippen LogP contribution in [0.1, 0.15) is 0 Å². The van der Waals surface area contributed by atoms with Crippen LogP contribution in [0, 0.1) is 0 Å². The topological polar surface area (TPSA) is 43.8 Å². The third-order valence-electron chi connectivity index (χ3n) is 2.05. The van der Waals surface area contributed by atoms with E-state index >= 15 is 0 Å². The Balaban J connectivity index is 2.59. The fourth-order valence-corrected chi connectivity index (χ4v) is 1.70. The van der Waals surface area contributed by atoms with Crippen LogP contribution in [0.15, 0.2) is 30.5 Å². The summed E-state index contributed by atoms with van der Waals surface area (Å²) in [6.45, 7) is 0. The molecule has 72 valence electrons. The van der Waals surface area contributed by atoms with Crippen molar-refractivity contribution >= 4 is 17.3 Å². The van der Waals surface area contributed by atoms with E-state index in [1.54, 1.807) is 10.9 Å². The molecule has 2 aromatic rings. The van der Waals surface area contributed by atoms with Gasteiger partial charge in [-0.05, 0) is 12.1 Å². The first-order chi connectivity index (χ1) is 6.68. The number of nitrogen functional groups attached to an aromatic ring is 1. The zero-order chi connectivity index (χ0) is 10.1. The van der Waals surface area contributed by atoms with E-state index in [0.29, 0.717) is 5.02 Å². The van der Waals surface area contributed by atoms with E-state index in [1.807, 2.05) is 31.3 Å². The summed E-state index contributed by atoms with van der Waals surface area (Å²) >= 11 is 6.01. The first-order valence-electron chi connectivity index (χ1n) is 4.22. The first-order valence-corrected chi connectivity index (χ1v) is 4.59. The van der Waals surface area contributed by atoms with E-state index in [-0.39, 0.29) is 0 Å². The van der Waals surface area contributed by atoms with Crippen LogP contribution >= 0.6 is 11.6 Å². The molecule has 0 saturated heterocycles. The molecule has 0 unspecified atom stereocenters. The number of hydrogen-bond acceptors (Lipinski definition) is 2. The summed E-state index contributed by atoms with van der Waals surface area (Å²) in [6.07, 6.45) is 1.63.